The van der Waals surface area contributed by atoms with Crippen LogP contribution >= 0.6 is 0 Å². The second-order valence-corrected chi connectivity index (χ2v) is 3.67. The lowest BCUT2D eigenvalue weighted by Crippen LogP contribution is -2.48. The van der Waals surface area contributed by atoms with Gasteiger partial charge in [-0.25, -0.2) is 0 Å². The number of carbonyl (C=O) groups is 1. The fourth-order valence-electron chi connectivity index (χ4n) is 1.46. The van der Waals surface area contributed by atoms with E-state index in [1.807, 2.05) is 13.8 Å². The van der Waals surface area contributed by atoms with Crippen LogP contribution in [-0.4, -0.2) is 24.5 Å². The Labute approximate surface area is 73.9 Å². The lowest BCUT2D eigenvalue weighted by molar-refractivity contribution is -0.124. The summed E-state index contributed by atoms with van der Waals surface area (Å²) in [7, 11) is 0. The zero-order valence-corrected chi connectivity index (χ0v) is 7.89. The molecule has 1 saturated heterocycles. The van der Waals surface area contributed by atoms with E-state index in [1.54, 1.807) is 0 Å². The van der Waals surface area contributed by atoms with Gasteiger partial charge in [-0.05, 0) is 33.2 Å². The van der Waals surface area contributed by atoms with Crippen LogP contribution in [0.25, 0.3) is 0 Å². The smallest absolute Gasteiger partial charge is 0.237 e. The van der Waals surface area contributed by atoms with E-state index in [1.165, 1.54) is 12.8 Å². The Bertz CT molecular complexity index is 151. The van der Waals surface area contributed by atoms with Crippen molar-refractivity contribution in [3.05, 3.63) is 0 Å². The van der Waals surface area contributed by atoms with E-state index in [0.717, 1.165) is 13.0 Å². The van der Waals surface area contributed by atoms with Crippen molar-refractivity contribution in [3.8, 4) is 0 Å². The van der Waals surface area contributed by atoms with Crippen LogP contribution in [0.4, 0.5) is 0 Å². The molecule has 0 bridgehead atoms. The first-order valence-corrected chi connectivity index (χ1v) is 4.74. The minimum Gasteiger partial charge on any atom is -0.353 e. The molecule has 1 atom stereocenters. The molecule has 1 rings (SSSR count). The number of hydrogen-bond acceptors (Lipinski definition) is 2. The Morgan fingerprint density at radius 2 is 2.25 bits per heavy atom. The third kappa shape index (κ3) is 2.81. The Balaban J connectivity index is 2.30. The van der Waals surface area contributed by atoms with E-state index < -0.39 is 0 Å². The molecular weight excluding hydrogens is 152 g/mol. The monoisotopic (exact) mass is 170 g/mol. The van der Waals surface area contributed by atoms with Crippen LogP contribution in [0.2, 0.25) is 0 Å². The molecule has 3 nitrogen and oxygen atoms in total. The molecule has 1 aliphatic heterocycles. The van der Waals surface area contributed by atoms with Crippen LogP contribution in [0.1, 0.15) is 33.1 Å². The summed E-state index contributed by atoms with van der Waals surface area (Å²) in [6, 6.07) is 0.308. The minimum absolute atomic E-state index is 0.0566. The lowest BCUT2D eigenvalue weighted by Gasteiger charge is -2.23. The predicted molar refractivity (Wildman–Crippen MR) is 48.9 cm³/mol. The quantitative estimate of drug-likeness (QED) is 0.639. The first kappa shape index (κ1) is 9.52. The topological polar surface area (TPSA) is 41.1 Å². The number of piperidine rings is 1. The zero-order valence-electron chi connectivity index (χ0n) is 7.89. The van der Waals surface area contributed by atoms with Gasteiger partial charge in [0.2, 0.25) is 5.91 Å². The van der Waals surface area contributed by atoms with Gasteiger partial charge in [0, 0.05) is 6.04 Å². The highest BCUT2D eigenvalue weighted by molar-refractivity contribution is 5.82. The normalized spacial score (nSPS) is 24.1. The van der Waals surface area contributed by atoms with Crippen molar-refractivity contribution in [3.63, 3.8) is 0 Å². The molecule has 0 aromatic rings. The van der Waals surface area contributed by atoms with Crippen molar-refractivity contribution in [1.29, 1.82) is 0 Å². The highest BCUT2D eigenvalue weighted by Gasteiger charge is 2.20. The van der Waals surface area contributed by atoms with Gasteiger partial charge in [-0.3, -0.25) is 4.79 Å². The molecule has 1 heterocycles. The van der Waals surface area contributed by atoms with Crippen LogP contribution in [-0.2, 0) is 4.79 Å². The summed E-state index contributed by atoms with van der Waals surface area (Å²) in [6.07, 6.45) is 3.35. The molecule has 1 unspecified atom stereocenters. The van der Waals surface area contributed by atoms with Crippen LogP contribution in [0.3, 0.4) is 0 Å². The van der Waals surface area contributed by atoms with E-state index >= 15 is 0 Å². The van der Waals surface area contributed by atoms with Crippen molar-refractivity contribution in [2.45, 2.75) is 45.2 Å². The summed E-state index contributed by atoms with van der Waals surface area (Å²) < 4.78 is 0. The van der Waals surface area contributed by atoms with Gasteiger partial charge < -0.3 is 10.6 Å². The van der Waals surface area contributed by atoms with Gasteiger partial charge in [0.15, 0.2) is 0 Å². The fourth-order valence-corrected chi connectivity index (χ4v) is 1.46. The summed E-state index contributed by atoms with van der Waals surface area (Å²) in [5.41, 5.74) is 0. The van der Waals surface area contributed by atoms with E-state index in [0.29, 0.717) is 0 Å². The van der Waals surface area contributed by atoms with Crippen LogP contribution in [0.5, 0.6) is 0 Å². The van der Waals surface area contributed by atoms with Crippen LogP contribution in [0.15, 0.2) is 0 Å². The van der Waals surface area contributed by atoms with Crippen molar-refractivity contribution < 1.29 is 4.79 Å². The highest BCUT2D eigenvalue weighted by atomic mass is 16.2. The number of hydrogen-bond donors (Lipinski definition) is 2. The molecule has 0 aliphatic carbocycles. The lowest BCUT2D eigenvalue weighted by atomic mass is 10.0. The largest absolute Gasteiger partial charge is 0.353 e. The fraction of sp³-hybridized carbons (Fsp3) is 0.889. The van der Waals surface area contributed by atoms with Crippen molar-refractivity contribution in [1.82, 2.24) is 10.6 Å². The molecule has 1 aliphatic rings. The van der Waals surface area contributed by atoms with Gasteiger partial charge in [-0.1, -0.05) is 6.42 Å². The SMILES string of the molecule is CC(C)NC(=O)C1CCCCN1. The number of rotatable bonds is 2. The van der Waals surface area contributed by atoms with Crippen molar-refractivity contribution in [2.75, 3.05) is 6.54 Å². The first-order valence-electron chi connectivity index (χ1n) is 4.74. The van der Waals surface area contributed by atoms with Crippen molar-refractivity contribution >= 4 is 5.91 Å². The second-order valence-electron chi connectivity index (χ2n) is 3.67. The average molecular weight is 170 g/mol. The standard InChI is InChI=1S/C9H18N2O/c1-7(2)11-9(12)8-5-3-4-6-10-8/h7-8,10H,3-6H2,1-2H3,(H,11,12). The van der Waals surface area contributed by atoms with Gasteiger partial charge in [0.1, 0.15) is 0 Å². The maximum atomic E-state index is 11.4. The van der Waals surface area contributed by atoms with Gasteiger partial charge >= 0.3 is 0 Å². The number of nitrogens with one attached hydrogen (secondary N) is 2. The minimum atomic E-state index is 0.0566. The maximum Gasteiger partial charge on any atom is 0.237 e. The summed E-state index contributed by atoms with van der Waals surface area (Å²) in [5.74, 6) is 0.157. The molecule has 0 saturated carbocycles. The zero-order chi connectivity index (χ0) is 8.97. The molecule has 0 aromatic carbocycles. The molecule has 1 amide bonds. The second kappa shape index (κ2) is 4.45. The Kier molecular flexibility index (Phi) is 3.53. The summed E-state index contributed by atoms with van der Waals surface area (Å²) in [5, 5.41) is 6.12. The van der Waals surface area contributed by atoms with Gasteiger partial charge in [-0.2, -0.15) is 0 Å². The molecule has 0 radical (unpaired) electrons. The summed E-state index contributed by atoms with van der Waals surface area (Å²) in [4.78, 5) is 11.4. The predicted octanol–water partition coefficient (Wildman–Crippen LogP) is 0.653. The van der Waals surface area contributed by atoms with Crippen LogP contribution in [0, 0.1) is 0 Å². The molecule has 0 spiro atoms. The molecule has 3 heteroatoms. The Hall–Kier alpha value is -0.570. The highest BCUT2D eigenvalue weighted by Crippen LogP contribution is 2.06. The van der Waals surface area contributed by atoms with Gasteiger partial charge in [-0.15, -0.1) is 0 Å². The number of amides is 1. The van der Waals surface area contributed by atoms with Crippen molar-refractivity contribution in [2.24, 2.45) is 0 Å². The van der Waals surface area contributed by atoms with E-state index in [-0.39, 0.29) is 18.0 Å². The van der Waals surface area contributed by atoms with E-state index in [4.69, 9.17) is 0 Å². The molecule has 12 heavy (non-hydrogen) atoms. The third-order valence-corrected chi connectivity index (χ3v) is 2.06. The third-order valence-electron chi connectivity index (χ3n) is 2.06. The molecule has 70 valence electrons. The van der Waals surface area contributed by atoms with Crippen LogP contribution < -0.4 is 10.6 Å². The van der Waals surface area contributed by atoms with E-state index in [9.17, 15) is 4.79 Å². The number of carbonyl (C=O) groups excluding carboxylic acids is 1. The summed E-state index contributed by atoms with van der Waals surface area (Å²) >= 11 is 0. The maximum absolute atomic E-state index is 11.4. The van der Waals surface area contributed by atoms with E-state index in [2.05, 4.69) is 10.6 Å². The first-order chi connectivity index (χ1) is 5.70. The molecule has 0 aromatic heterocycles. The molecule has 1 fully saturated rings. The Morgan fingerprint density at radius 1 is 1.50 bits per heavy atom. The van der Waals surface area contributed by atoms with Gasteiger partial charge in [0.25, 0.3) is 0 Å². The molecule has 2 N–H and O–H groups in total. The van der Waals surface area contributed by atoms with Gasteiger partial charge in [0.05, 0.1) is 6.04 Å². The summed E-state index contributed by atoms with van der Waals surface area (Å²) in [6.45, 7) is 4.96. The molecular formula is C9H18N2O. The average Bonchev–Trinajstić information content (AvgIpc) is 2.05. The Morgan fingerprint density at radius 3 is 2.75 bits per heavy atom.